The van der Waals surface area contributed by atoms with Crippen LogP contribution in [0.3, 0.4) is 0 Å². The lowest BCUT2D eigenvalue weighted by atomic mass is 9.75. The molecule has 2 amide bonds. The van der Waals surface area contributed by atoms with Gasteiger partial charge in [0.2, 0.25) is 11.8 Å². The number of nitrogens with one attached hydrogen (secondary N) is 1. The van der Waals surface area contributed by atoms with Gasteiger partial charge < -0.3 is 10.2 Å². The largest absolute Gasteiger partial charge is 0.359 e. The molecule has 5 nitrogen and oxygen atoms in total. The maximum Gasteiger partial charge on any atom is 0.235 e. The van der Waals surface area contributed by atoms with E-state index in [0.29, 0.717) is 0 Å². The van der Waals surface area contributed by atoms with E-state index in [0.717, 1.165) is 37.2 Å². The number of fused-ring (bicyclic) bond motifs is 2. The van der Waals surface area contributed by atoms with Crippen LogP contribution in [0, 0.1) is 0 Å². The van der Waals surface area contributed by atoms with Crippen LogP contribution in [-0.4, -0.2) is 42.9 Å². The predicted molar refractivity (Wildman–Crippen MR) is 127 cm³/mol. The zero-order valence-electron chi connectivity index (χ0n) is 19.1. The highest BCUT2D eigenvalue weighted by Gasteiger charge is 2.44. The van der Waals surface area contributed by atoms with Crippen molar-refractivity contribution in [1.82, 2.24) is 10.2 Å². The molecule has 3 aliphatic rings. The van der Waals surface area contributed by atoms with Crippen LogP contribution in [-0.2, 0) is 21.5 Å². The van der Waals surface area contributed by atoms with E-state index in [2.05, 4.69) is 41.4 Å². The third-order valence-electron chi connectivity index (χ3n) is 8.01. The van der Waals surface area contributed by atoms with Gasteiger partial charge in [-0.1, -0.05) is 42.5 Å². The third kappa shape index (κ3) is 3.43. The van der Waals surface area contributed by atoms with E-state index >= 15 is 0 Å². The monoisotopic (exact) mass is 431 g/mol. The Balaban J connectivity index is 1.35. The number of benzene rings is 2. The average Bonchev–Trinajstić information content (AvgIpc) is 3.10. The number of rotatable bonds is 4. The predicted octanol–water partition coefficient (Wildman–Crippen LogP) is 3.97. The Morgan fingerprint density at radius 2 is 1.81 bits per heavy atom. The maximum atomic E-state index is 13.5. The topological polar surface area (TPSA) is 52.7 Å². The molecule has 2 aromatic carbocycles. The number of carbonyl (C=O) groups is 2. The SMILES string of the molecule is CNC(=O)CC1C(=O)N(C2CCN(C3(C)CCCc4ccccc43)CC2)c2ccccc21. The van der Waals surface area contributed by atoms with Gasteiger partial charge in [0.05, 0.1) is 5.92 Å². The smallest absolute Gasteiger partial charge is 0.235 e. The van der Waals surface area contributed by atoms with Crippen LogP contribution in [0.2, 0.25) is 0 Å². The zero-order chi connectivity index (χ0) is 22.3. The number of para-hydroxylation sites is 1. The number of likely N-dealkylation sites (tertiary alicyclic amines) is 1. The number of carbonyl (C=O) groups excluding carboxylic acids is 2. The first-order chi connectivity index (χ1) is 15.5. The summed E-state index contributed by atoms with van der Waals surface area (Å²) in [4.78, 5) is 30.2. The van der Waals surface area contributed by atoms with Crippen LogP contribution in [0.15, 0.2) is 48.5 Å². The molecule has 1 fully saturated rings. The van der Waals surface area contributed by atoms with Crippen LogP contribution in [0.4, 0.5) is 5.69 Å². The van der Waals surface area contributed by atoms with E-state index in [4.69, 9.17) is 0 Å². The van der Waals surface area contributed by atoms with Crippen molar-refractivity contribution < 1.29 is 9.59 Å². The molecule has 2 atom stereocenters. The van der Waals surface area contributed by atoms with Gasteiger partial charge in [0.1, 0.15) is 0 Å². The lowest BCUT2D eigenvalue weighted by Gasteiger charge is -2.49. The number of anilines is 1. The second-order valence-corrected chi connectivity index (χ2v) is 9.70. The standard InChI is InChI=1S/C27H33N3O2/c1-27(15-7-9-19-8-3-5-11-23(19)27)29-16-13-20(14-17-29)30-24-12-6-4-10-21(24)22(26(30)32)18-25(31)28-2/h3-6,8,10-12,20,22H,7,9,13-18H2,1-2H3,(H,28,31). The van der Waals surface area contributed by atoms with Gasteiger partial charge in [-0.25, -0.2) is 0 Å². The van der Waals surface area contributed by atoms with E-state index in [9.17, 15) is 9.59 Å². The van der Waals surface area contributed by atoms with Gasteiger partial charge in [-0.15, -0.1) is 0 Å². The molecule has 168 valence electrons. The average molecular weight is 432 g/mol. The first kappa shape index (κ1) is 21.2. The molecule has 5 heteroatoms. The first-order valence-corrected chi connectivity index (χ1v) is 12.0. The number of piperidine rings is 1. The molecule has 2 aromatic rings. The molecule has 2 unspecified atom stereocenters. The van der Waals surface area contributed by atoms with Crippen molar-refractivity contribution in [2.45, 2.75) is 62.9 Å². The summed E-state index contributed by atoms with van der Waals surface area (Å²) in [5.41, 5.74) is 5.05. The van der Waals surface area contributed by atoms with Gasteiger partial charge in [-0.3, -0.25) is 14.5 Å². The summed E-state index contributed by atoms with van der Waals surface area (Å²) in [6.45, 7) is 4.38. The first-order valence-electron chi connectivity index (χ1n) is 12.0. The molecular formula is C27H33N3O2. The quantitative estimate of drug-likeness (QED) is 0.797. The second kappa shape index (κ2) is 8.36. The summed E-state index contributed by atoms with van der Waals surface area (Å²) >= 11 is 0. The van der Waals surface area contributed by atoms with E-state index in [1.54, 1.807) is 7.05 Å². The molecule has 2 aliphatic heterocycles. The molecule has 32 heavy (non-hydrogen) atoms. The van der Waals surface area contributed by atoms with Gasteiger partial charge in [-0.2, -0.15) is 0 Å². The lowest BCUT2D eigenvalue weighted by Crippen LogP contribution is -2.53. The van der Waals surface area contributed by atoms with Crippen LogP contribution in [0.25, 0.3) is 0 Å². The van der Waals surface area contributed by atoms with E-state index in [1.165, 1.54) is 30.4 Å². The number of aryl methyl sites for hydroxylation is 1. The van der Waals surface area contributed by atoms with Crippen molar-refractivity contribution >= 4 is 17.5 Å². The fourth-order valence-corrected chi connectivity index (χ4v) is 6.25. The minimum atomic E-state index is -0.369. The van der Waals surface area contributed by atoms with Crippen LogP contribution >= 0.6 is 0 Å². The summed E-state index contributed by atoms with van der Waals surface area (Å²) in [5, 5.41) is 2.68. The van der Waals surface area contributed by atoms with Gasteiger partial charge in [0.15, 0.2) is 0 Å². The van der Waals surface area contributed by atoms with Crippen molar-refractivity contribution in [2.24, 2.45) is 0 Å². The Morgan fingerprint density at radius 3 is 2.59 bits per heavy atom. The van der Waals surface area contributed by atoms with E-state index in [1.807, 2.05) is 29.2 Å². The van der Waals surface area contributed by atoms with Crippen molar-refractivity contribution in [3.63, 3.8) is 0 Å². The number of hydrogen-bond donors (Lipinski definition) is 1. The molecule has 2 heterocycles. The van der Waals surface area contributed by atoms with Gasteiger partial charge in [0, 0.05) is 43.8 Å². The fraction of sp³-hybridized carbons (Fsp3) is 0.481. The van der Waals surface area contributed by atoms with E-state index < -0.39 is 0 Å². The minimum absolute atomic E-state index is 0.0779. The number of hydrogen-bond acceptors (Lipinski definition) is 3. The molecule has 5 rings (SSSR count). The van der Waals surface area contributed by atoms with Crippen molar-refractivity contribution in [1.29, 1.82) is 0 Å². The molecular weight excluding hydrogens is 398 g/mol. The summed E-state index contributed by atoms with van der Waals surface area (Å²) in [5.74, 6) is -0.367. The van der Waals surface area contributed by atoms with Crippen LogP contribution in [0.5, 0.6) is 0 Å². The fourth-order valence-electron chi connectivity index (χ4n) is 6.25. The molecule has 0 aromatic heterocycles. The minimum Gasteiger partial charge on any atom is -0.359 e. The number of amides is 2. The molecule has 0 spiro atoms. The summed E-state index contributed by atoms with van der Waals surface area (Å²) in [6, 6.07) is 17.1. The Kier molecular flexibility index (Phi) is 5.54. The van der Waals surface area contributed by atoms with Gasteiger partial charge in [-0.05, 0) is 61.8 Å². The van der Waals surface area contributed by atoms with E-state index in [-0.39, 0.29) is 35.7 Å². The van der Waals surface area contributed by atoms with Crippen molar-refractivity contribution in [3.05, 3.63) is 65.2 Å². The Bertz CT molecular complexity index is 1030. The molecule has 0 radical (unpaired) electrons. The van der Waals surface area contributed by atoms with Crippen LogP contribution < -0.4 is 10.2 Å². The molecule has 1 aliphatic carbocycles. The third-order valence-corrected chi connectivity index (χ3v) is 8.01. The molecule has 1 N–H and O–H groups in total. The Morgan fingerprint density at radius 1 is 1.09 bits per heavy atom. The Labute approximate surface area is 190 Å². The Hall–Kier alpha value is -2.66. The molecule has 1 saturated heterocycles. The van der Waals surface area contributed by atoms with Gasteiger partial charge >= 0.3 is 0 Å². The summed E-state index contributed by atoms with van der Waals surface area (Å²) in [7, 11) is 1.63. The van der Waals surface area contributed by atoms with Crippen molar-refractivity contribution in [3.8, 4) is 0 Å². The second-order valence-electron chi connectivity index (χ2n) is 9.70. The van der Waals surface area contributed by atoms with Gasteiger partial charge in [0.25, 0.3) is 0 Å². The summed E-state index contributed by atoms with van der Waals surface area (Å²) in [6.07, 6.45) is 5.74. The maximum absolute atomic E-state index is 13.5. The number of nitrogens with zero attached hydrogens (tertiary/aromatic N) is 2. The zero-order valence-corrected chi connectivity index (χ0v) is 19.1. The highest BCUT2D eigenvalue weighted by atomic mass is 16.2. The molecule has 0 saturated carbocycles. The normalized spacial score (nSPS) is 26.0. The highest BCUT2D eigenvalue weighted by molar-refractivity contribution is 6.07. The van der Waals surface area contributed by atoms with Crippen LogP contribution in [0.1, 0.15) is 61.6 Å². The highest BCUT2D eigenvalue weighted by Crippen LogP contribution is 2.44. The van der Waals surface area contributed by atoms with Crippen molar-refractivity contribution in [2.75, 3.05) is 25.0 Å². The molecule has 0 bridgehead atoms. The lowest BCUT2D eigenvalue weighted by molar-refractivity contribution is -0.126. The summed E-state index contributed by atoms with van der Waals surface area (Å²) < 4.78 is 0.